The van der Waals surface area contributed by atoms with Crippen LogP contribution in [0.3, 0.4) is 0 Å². The summed E-state index contributed by atoms with van der Waals surface area (Å²) < 4.78 is 8.59. The minimum absolute atomic E-state index is 0. The first-order valence-corrected chi connectivity index (χ1v) is 9.26. The van der Waals surface area contributed by atoms with Crippen LogP contribution in [0.25, 0.3) is 0 Å². The Morgan fingerprint density at radius 2 is 0.880 bits per heavy atom. The predicted octanol–water partition coefficient (Wildman–Crippen LogP) is 0.606. The van der Waals surface area contributed by atoms with Crippen molar-refractivity contribution in [2.75, 3.05) is 0 Å². The summed E-state index contributed by atoms with van der Waals surface area (Å²) in [4.78, 5) is 19.7. The van der Waals surface area contributed by atoms with Gasteiger partial charge in [-0.1, -0.05) is 54.6 Å². The van der Waals surface area contributed by atoms with E-state index in [1.54, 1.807) is 0 Å². The Bertz CT molecular complexity index is 632. The number of hydrogen-bond acceptors (Lipinski definition) is 3. The zero-order chi connectivity index (χ0) is 16.5. The van der Waals surface area contributed by atoms with Crippen LogP contribution in [0.2, 0.25) is 0 Å². The van der Waals surface area contributed by atoms with Crippen molar-refractivity contribution >= 4 is 19.1 Å². The summed E-state index contributed by atoms with van der Waals surface area (Å²) in [7, 11) is -3.14. The summed E-state index contributed by atoms with van der Waals surface area (Å²) in [6.45, 7) is 0. The van der Waals surface area contributed by atoms with Gasteiger partial charge in [0, 0.05) is 0 Å². The number of rotatable bonds is 3. The summed E-state index contributed by atoms with van der Waals surface area (Å²) in [5.74, 6) is 0. The Morgan fingerprint density at radius 3 is 1.08 bits per heavy atom. The molecule has 7 heteroatoms. The fourth-order valence-electron chi connectivity index (χ4n) is 2.08. The van der Waals surface area contributed by atoms with Crippen molar-refractivity contribution in [3.8, 4) is 0 Å². The maximum Gasteiger partial charge on any atom is 1.00 e. The fraction of sp³-hybridized carbons (Fsp3) is 0. The minimum Gasteiger partial charge on any atom is -0.870 e. The van der Waals surface area contributed by atoms with E-state index in [4.69, 9.17) is 14.4 Å². The number of benzene rings is 3. The SMILES string of the molecule is O=[P+]([O-])O.[Na+].[OH-].c1ccc([S+](c2ccccc2)c2ccccc2)cc1. The van der Waals surface area contributed by atoms with Gasteiger partial charge in [0.2, 0.25) is 0 Å². The molecule has 0 amide bonds. The molecule has 1 atom stereocenters. The largest absolute Gasteiger partial charge is 1.00 e. The van der Waals surface area contributed by atoms with Crippen molar-refractivity contribution in [3.05, 3.63) is 91.0 Å². The van der Waals surface area contributed by atoms with Crippen molar-refractivity contribution in [2.45, 2.75) is 14.7 Å². The van der Waals surface area contributed by atoms with Gasteiger partial charge in [-0.05, 0) is 41.0 Å². The first kappa shape index (κ1) is 24.0. The average Bonchev–Trinajstić information content (AvgIpc) is 2.58. The van der Waals surface area contributed by atoms with Gasteiger partial charge in [0.05, 0.1) is 10.9 Å². The van der Waals surface area contributed by atoms with Gasteiger partial charge in [-0.15, -0.1) is 0 Å². The average molecular weight is 383 g/mol. The standard InChI is InChI=1S/C18H15S.Na.HO3P.H2O/c1-4-10-16(11-5-1)19(17-12-6-2-7-13-17)18-14-8-3-9-15-18;;1-4(2)3;/h1-15H;;(H,1,2,3);1H2/q2*+1;;/p-1. The molecule has 0 aliphatic carbocycles. The first-order valence-electron chi connectivity index (χ1n) is 6.91. The molecule has 0 aromatic heterocycles. The van der Waals surface area contributed by atoms with Gasteiger partial charge in [0.25, 0.3) is 0 Å². The van der Waals surface area contributed by atoms with Crippen LogP contribution >= 0.6 is 8.25 Å². The molecule has 1 unspecified atom stereocenters. The molecule has 3 aromatic carbocycles. The Labute approximate surface area is 173 Å². The van der Waals surface area contributed by atoms with Gasteiger partial charge in [0.1, 0.15) is 0 Å². The number of hydrogen-bond donors (Lipinski definition) is 1. The van der Waals surface area contributed by atoms with E-state index in [9.17, 15) is 0 Å². The summed E-state index contributed by atoms with van der Waals surface area (Å²) in [6.07, 6.45) is 0. The van der Waals surface area contributed by atoms with Gasteiger partial charge in [-0.3, -0.25) is 0 Å². The van der Waals surface area contributed by atoms with E-state index >= 15 is 0 Å². The second-order valence-electron chi connectivity index (χ2n) is 4.48. The molecule has 124 valence electrons. The molecule has 0 aliphatic rings. The van der Waals surface area contributed by atoms with Gasteiger partial charge < -0.3 is 10.4 Å². The Hall–Kier alpha value is -1.01. The Balaban J connectivity index is 0.000000874. The molecule has 0 aliphatic heterocycles. The van der Waals surface area contributed by atoms with Crippen LogP contribution in [0.5, 0.6) is 0 Å². The van der Waals surface area contributed by atoms with Crippen LogP contribution in [-0.4, -0.2) is 10.4 Å². The minimum atomic E-state index is -3.12. The third-order valence-corrected chi connectivity index (χ3v) is 5.17. The van der Waals surface area contributed by atoms with E-state index in [1.807, 2.05) is 0 Å². The maximum absolute atomic E-state index is 8.59. The van der Waals surface area contributed by atoms with Gasteiger partial charge in [0.15, 0.2) is 14.7 Å². The van der Waals surface area contributed by atoms with Crippen LogP contribution in [0.15, 0.2) is 106 Å². The van der Waals surface area contributed by atoms with Crippen LogP contribution in [0.1, 0.15) is 0 Å². The molecular formula is C18H17NaO4PS+. The summed E-state index contributed by atoms with van der Waals surface area (Å²) in [5, 5.41) is 0. The molecule has 0 bridgehead atoms. The van der Waals surface area contributed by atoms with Gasteiger partial charge in [-0.25, -0.2) is 0 Å². The van der Waals surface area contributed by atoms with Crippen molar-refractivity contribution < 1.29 is 49.4 Å². The summed E-state index contributed by atoms with van der Waals surface area (Å²) in [6, 6.07) is 32.2. The normalized spacial score (nSPS) is 9.80. The third kappa shape index (κ3) is 8.27. The van der Waals surface area contributed by atoms with Crippen molar-refractivity contribution in [1.82, 2.24) is 0 Å². The second kappa shape index (κ2) is 13.2. The van der Waals surface area contributed by atoms with E-state index in [-0.39, 0.29) is 45.9 Å². The zero-order valence-corrected chi connectivity index (χ0v) is 17.4. The summed E-state index contributed by atoms with van der Waals surface area (Å²) >= 11 is 0. The Kier molecular flexibility index (Phi) is 12.7. The molecule has 2 N–H and O–H groups in total. The molecular weight excluding hydrogens is 366 g/mol. The Morgan fingerprint density at radius 1 is 0.680 bits per heavy atom. The molecule has 0 radical (unpaired) electrons. The molecule has 4 nitrogen and oxygen atoms in total. The molecule has 0 saturated heterocycles. The molecule has 0 saturated carbocycles. The van der Waals surface area contributed by atoms with Crippen LogP contribution in [0, 0.1) is 0 Å². The van der Waals surface area contributed by atoms with Crippen molar-refractivity contribution in [1.29, 1.82) is 0 Å². The quantitative estimate of drug-likeness (QED) is 0.408. The second-order valence-corrected chi connectivity index (χ2v) is 6.99. The molecule has 0 fully saturated rings. The topological polar surface area (TPSA) is 90.4 Å². The van der Waals surface area contributed by atoms with E-state index in [0.29, 0.717) is 0 Å². The van der Waals surface area contributed by atoms with E-state index < -0.39 is 8.25 Å². The van der Waals surface area contributed by atoms with Crippen LogP contribution in [0.4, 0.5) is 0 Å². The van der Waals surface area contributed by atoms with Crippen LogP contribution < -0.4 is 34.5 Å². The first-order chi connectivity index (χ1) is 11.2. The van der Waals surface area contributed by atoms with Crippen molar-refractivity contribution in [2.24, 2.45) is 0 Å². The predicted molar refractivity (Wildman–Crippen MR) is 93.3 cm³/mol. The van der Waals surface area contributed by atoms with Gasteiger partial charge >= 0.3 is 37.8 Å². The van der Waals surface area contributed by atoms with Crippen molar-refractivity contribution in [3.63, 3.8) is 0 Å². The van der Waals surface area contributed by atoms with Crippen LogP contribution in [-0.2, 0) is 15.5 Å². The molecule has 3 aromatic rings. The zero-order valence-electron chi connectivity index (χ0n) is 13.7. The molecule has 0 spiro atoms. The molecule has 25 heavy (non-hydrogen) atoms. The monoisotopic (exact) mass is 383 g/mol. The summed E-state index contributed by atoms with van der Waals surface area (Å²) in [5.41, 5.74) is 0. The van der Waals surface area contributed by atoms with Gasteiger partial charge in [-0.2, -0.15) is 4.89 Å². The third-order valence-electron chi connectivity index (χ3n) is 2.94. The van der Waals surface area contributed by atoms with E-state index in [1.165, 1.54) is 14.7 Å². The maximum atomic E-state index is 8.59. The fourth-order valence-corrected chi connectivity index (χ4v) is 4.18. The van der Waals surface area contributed by atoms with E-state index in [2.05, 4.69) is 91.0 Å². The van der Waals surface area contributed by atoms with E-state index in [0.717, 1.165) is 0 Å². The molecule has 3 rings (SSSR count). The smallest absolute Gasteiger partial charge is 0.870 e. The molecule has 0 heterocycles.